The molecule has 8 nitrogen and oxygen atoms in total. The molecule has 0 saturated carbocycles. The number of nitrogens with zero attached hydrogens (tertiary/aromatic N) is 1. The van der Waals surface area contributed by atoms with E-state index >= 15 is 0 Å². The second kappa shape index (κ2) is 14.0. The van der Waals surface area contributed by atoms with Crippen LogP contribution in [0.15, 0.2) is 57.1 Å². The third-order valence-electron chi connectivity index (χ3n) is 4.27. The van der Waals surface area contributed by atoms with Gasteiger partial charge in [0.05, 0.1) is 0 Å². The first-order valence-electron chi connectivity index (χ1n) is 10.5. The molecule has 0 aromatic heterocycles. The first kappa shape index (κ1) is 30.1. The number of amides is 2. The summed E-state index contributed by atoms with van der Waals surface area (Å²) in [6.07, 6.45) is -6.13. The van der Waals surface area contributed by atoms with E-state index in [9.17, 15) is 40.8 Å². The number of hydrogen-bond acceptors (Lipinski definition) is 6. The normalized spacial score (nSPS) is 16.2. The van der Waals surface area contributed by atoms with Gasteiger partial charge in [0.25, 0.3) is 0 Å². The van der Waals surface area contributed by atoms with Gasteiger partial charge in [-0.2, -0.15) is 0 Å². The van der Waals surface area contributed by atoms with Crippen LogP contribution in [0.3, 0.4) is 0 Å². The third kappa shape index (κ3) is 12.6. The second-order valence-electron chi connectivity index (χ2n) is 7.25. The Morgan fingerprint density at radius 2 is 1.81 bits per heavy atom. The Bertz CT molecular complexity index is 1040. The Kier molecular flexibility index (Phi) is 11.4. The van der Waals surface area contributed by atoms with E-state index in [4.69, 9.17) is 4.74 Å². The minimum atomic E-state index is -4.88. The van der Waals surface area contributed by atoms with Crippen molar-refractivity contribution < 1.29 is 66.6 Å². The fourth-order valence-corrected chi connectivity index (χ4v) is 5.04. The fourth-order valence-electron chi connectivity index (χ4n) is 2.73. The zero-order valence-electron chi connectivity index (χ0n) is 18.9. The summed E-state index contributed by atoms with van der Waals surface area (Å²) in [5, 5.41) is 7.42. The summed E-state index contributed by atoms with van der Waals surface area (Å²) in [5.41, 5.74) is 0.0253. The molecule has 0 fully saturated rings. The van der Waals surface area contributed by atoms with Crippen LogP contribution in [0.1, 0.15) is 18.4 Å². The quantitative estimate of drug-likeness (QED) is 0.0885. The van der Waals surface area contributed by atoms with E-state index in [2.05, 4.69) is 20.5 Å². The van der Waals surface area contributed by atoms with Gasteiger partial charge >= 0.3 is 204 Å². The molecule has 1 unspecified atom stereocenters. The fraction of sp³-hybridized carbons (Fsp3) is 0.364. The van der Waals surface area contributed by atoms with Crippen LogP contribution in [0.2, 0.25) is 0 Å². The van der Waals surface area contributed by atoms with Crippen molar-refractivity contribution in [1.29, 1.82) is 0 Å². The van der Waals surface area contributed by atoms with E-state index in [0.717, 1.165) is 12.1 Å². The number of halogens is 7. The molecule has 0 spiro atoms. The number of rotatable bonds is 12. The summed E-state index contributed by atoms with van der Waals surface area (Å²) in [6.45, 7) is -0.905. The molecule has 2 rings (SSSR count). The van der Waals surface area contributed by atoms with Crippen LogP contribution in [0.25, 0.3) is 6.08 Å². The van der Waals surface area contributed by atoms with E-state index in [1.54, 1.807) is 16.2 Å². The van der Waals surface area contributed by atoms with Gasteiger partial charge in [-0.1, -0.05) is 0 Å². The number of nitroso groups, excluding NO2 is 1. The van der Waals surface area contributed by atoms with Crippen LogP contribution in [0.4, 0.5) is 26.3 Å². The molecule has 1 aliphatic heterocycles. The van der Waals surface area contributed by atoms with Gasteiger partial charge in [-0.05, 0) is 0 Å². The maximum atomic E-state index is 12.6. The van der Waals surface area contributed by atoms with Crippen molar-refractivity contribution in [2.45, 2.75) is 29.3 Å². The molecule has 1 heterocycles. The van der Waals surface area contributed by atoms with Gasteiger partial charge in [0.2, 0.25) is 0 Å². The molecule has 0 radical (unpaired) electrons. The summed E-state index contributed by atoms with van der Waals surface area (Å²) in [7, 11) is 0. The number of ether oxygens (including phenoxy) is 2. The molecule has 1 atom stereocenters. The van der Waals surface area contributed by atoms with Crippen molar-refractivity contribution >= 4 is 17.9 Å². The molecular formula is C22H21F6IN3O5-. The second-order valence-corrected chi connectivity index (χ2v) is 10.3. The molecule has 2 N–H and O–H groups in total. The molecule has 204 valence electrons. The van der Waals surface area contributed by atoms with Crippen molar-refractivity contribution in [2.75, 3.05) is 19.7 Å². The van der Waals surface area contributed by atoms with E-state index in [1.165, 1.54) is 18.2 Å². The molecule has 1 aliphatic rings. The standard InChI is InChI=1S/C22H21F6IN3O5/c23-21(24,25)6-10-36-17-5-7-29-15(12-17)13-19(33)32-18(20(34)30-8-9-31-35)11-14-1-3-16(4-2-14)37-22(26,27)28/h1-5,7,11-12,15H,6,8-10,13H2,(H,30,34)(H,32,33)/q-1/b18-11-. The Balaban J connectivity index is 2.08. The number of benzene rings is 1. The zero-order chi connectivity index (χ0) is 27.5. The number of alkyl halides is 7. The maximum absolute atomic E-state index is 12.6. The Morgan fingerprint density at radius 1 is 1.11 bits per heavy atom. The SMILES string of the molecule is O=NCCNC(=O)/C(=C/c1ccc(OC(F)(F)F)cc1)NC(=O)CC1C=C(OCCC(F)(F)F)C=C[I-]1. The predicted molar refractivity (Wildman–Crippen MR) is 115 cm³/mol. The summed E-state index contributed by atoms with van der Waals surface area (Å²) < 4.78 is 84.3. The summed E-state index contributed by atoms with van der Waals surface area (Å²) in [4.78, 5) is 35.4. The van der Waals surface area contributed by atoms with E-state index in [0.29, 0.717) is 0 Å². The van der Waals surface area contributed by atoms with E-state index in [1.807, 2.05) is 0 Å². The average molecular weight is 648 g/mol. The molecule has 1 aromatic carbocycles. The summed E-state index contributed by atoms with van der Waals surface area (Å²) in [5.74, 6) is -1.62. The van der Waals surface area contributed by atoms with Gasteiger partial charge < -0.3 is 0 Å². The third-order valence-corrected chi connectivity index (χ3v) is 6.77. The van der Waals surface area contributed by atoms with Crippen molar-refractivity contribution in [3.05, 3.63) is 62.4 Å². The molecule has 37 heavy (non-hydrogen) atoms. The molecule has 2 amide bonds. The Labute approximate surface area is 217 Å². The number of allylic oxidation sites excluding steroid dienone is 2. The van der Waals surface area contributed by atoms with E-state index in [-0.39, 0.29) is 40.5 Å². The molecule has 0 aliphatic carbocycles. The van der Waals surface area contributed by atoms with Gasteiger partial charge in [-0.15, -0.1) is 13.2 Å². The first-order valence-corrected chi connectivity index (χ1v) is 13.0. The van der Waals surface area contributed by atoms with Crippen molar-refractivity contribution in [1.82, 2.24) is 10.6 Å². The summed E-state index contributed by atoms with van der Waals surface area (Å²) in [6, 6.07) is 4.52. The van der Waals surface area contributed by atoms with Crippen LogP contribution in [0, 0.1) is 4.91 Å². The molecule has 0 bridgehead atoms. The number of hydrogen-bond donors (Lipinski definition) is 2. The average Bonchev–Trinajstić information content (AvgIpc) is 2.78. The topological polar surface area (TPSA) is 106 Å². The molecule has 1 aromatic rings. The van der Waals surface area contributed by atoms with E-state index < -0.39 is 64.3 Å². The van der Waals surface area contributed by atoms with Crippen LogP contribution in [-0.4, -0.2) is 48.0 Å². The van der Waals surface area contributed by atoms with Crippen molar-refractivity contribution in [3.63, 3.8) is 0 Å². The number of carbonyl (C=O) groups is 2. The monoisotopic (exact) mass is 648 g/mol. The molecule has 0 saturated heterocycles. The Hall–Kier alpha value is -3.11. The van der Waals surface area contributed by atoms with Crippen LogP contribution >= 0.6 is 0 Å². The van der Waals surface area contributed by atoms with Gasteiger partial charge in [-0.25, -0.2) is 0 Å². The van der Waals surface area contributed by atoms with Gasteiger partial charge in [0.15, 0.2) is 0 Å². The predicted octanol–water partition coefficient (Wildman–Crippen LogP) is 1.15. The zero-order valence-corrected chi connectivity index (χ0v) is 21.0. The number of nitrogens with one attached hydrogen (secondary N) is 2. The van der Waals surface area contributed by atoms with Gasteiger partial charge in [0, 0.05) is 0 Å². The van der Waals surface area contributed by atoms with Crippen molar-refractivity contribution in [2.24, 2.45) is 5.18 Å². The summed E-state index contributed by atoms with van der Waals surface area (Å²) >= 11 is -0.663. The molecule has 15 heteroatoms. The minimum absolute atomic E-state index is 0.0946. The van der Waals surface area contributed by atoms with Crippen LogP contribution in [-0.2, 0) is 14.3 Å². The van der Waals surface area contributed by atoms with Crippen LogP contribution in [0.5, 0.6) is 5.75 Å². The van der Waals surface area contributed by atoms with Crippen molar-refractivity contribution in [3.8, 4) is 5.75 Å². The number of carbonyl (C=O) groups excluding carboxylic acids is 2. The molecular weight excluding hydrogens is 627 g/mol. The van der Waals surface area contributed by atoms with Crippen LogP contribution < -0.4 is 36.6 Å². The first-order chi connectivity index (χ1) is 17.3. The Morgan fingerprint density at radius 3 is 2.43 bits per heavy atom. The van der Waals surface area contributed by atoms with Gasteiger partial charge in [0.1, 0.15) is 0 Å². The van der Waals surface area contributed by atoms with Gasteiger partial charge in [-0.3, -0.25) is 0 Å².